The SMILES string of the molecule is O=C1CN(C(=O)c2ccc(Cl)cc2Cl)[C@H](c2ccc(F)cc2)c2cc(F)ccc2N1. The minimum absolute atomic E-state index is 0.120. The summed E-state index contributed by atoms with van der Waals surface area (Å²) in [4.78, 5) is 27.2. The lowest BCUT2D eigenvalue weighted by molar-refractivity contribution is -0.117. The normalized spacial score (nSPS) is 15.9. The first-order valence-corrected chi connectivity index (χ1v) is 9.70. The van der Waals surface area contributed by atoms with Crippen LogP contribution in [0.2, 0.25) is 10.0 Å². The largest absolute Gasteiger partial charge is 0.324 e. The minimum atomic E-state index is -0.852. The van der Waals surface area contributed by atoms with Crippen LogP contribution in [0.5, 0.6) is 0 Å². The molecule has 3 aromatic rings. The highest BCUT2D eigenvalue weighted by molar-refractivity contribution is 6.36. The Morgan fingerprint density at radius 3 is 2.37 bits per heavy atom. The molecule has 0 saturated heterocycles. The third-order valence-corrected chi connectivity index (χ3v) is 5.36. The second-order valence-electron chi connectivity index (χ2n) is 6.79. The molecular formula is C22H14Cl2F2N2O2. The number of carbonyl (C=O) groups excluding carboxylic acids is 2. The van der Waals surface area contributed by atoms with Gasteiger partial charge in [0.2, 0.25) is 5.91 Å². The molecule has 0 saturated carbocycles. The van der Waals surface area contributed by atoms with Crippen LogP contribution in [0.3, 0.4) is 0 Å². The number of carbonyl (C=O) groups is 2. The lowest BCUT2D eigenvalue weighted by atomic mass is 9.95. The van der Waals surface area contributed by atoms with Crippen molar-refractivity contribution in [2.24, 2.45) is 0 Å². The maximum absolute atomic E-state index is 14.1. The maximum atomic E-state index is 14.1. The van der Waals surface area contributed by atoms with Crippen LogP contribution in [0, 0.1) is 11.6 Å². The smallest absolute Gasteiger partial charge is 0.256 e. The maximum Gasteiger partial charge on any atom is 0.256 e. The number of anilines is 1. The van der Waals surface area contributed by atoms with Gasteiger partial charge in [-0.3, -0.25) is 9.59 Å². The molecule has 0 spiro atoms. The Morgan fingerprint density at radius 1 is 0.967 bits per heavy atom. The summed E-state index contributed by atoms with van der Waals surface area (Å²) in [6.07, 6.45) is 0. The molecule has 4 rings (SSSR count). The Hall–Kier alpha value is -2.96. The van der Waals surface area contributed by atoms with Gasteiger partial charge in [-0.2, -0.15) is 0 Å². The average Bonchev–Trinajstić information content (AvgIpc) is 2.84. The lowest BCUT2D eigenvalue weighted by Crippen LogP contribution is -2.39. The van der Waals surface area contributed by atoms with E-state index in [9.17, 15) is 18.4 Å². The highest BCUT2D eigenvalue weighted by Crippen LogP contribution is 2.37. The van der Waals surface area contributed by atoms with Gasteiger partial charge in [0, 0.05) is 16.3 Å². The summed E-state index contributed by atoms with van der Waals surface area (Å²) >= 11 is 12.1. The van der Waals surface area contributed by atoms with Crippen molar-refractivity contribution >= 4 is 40.7 Å². The fraction of sp³-hybridized carbons (Fsp3) is 0.0909. The van der Waals surface area contributed by atoms with Gasteiger partial charge in [-0.15, -0.1) is 0 Å². The molecule has 8 heteroatoms. The van der Waals surface area contributed by atoms with E-state index in [0.717, 1.165) is 0 Å². The summed E-state index contributed by atoms with van der Waals surface area (Å²) in [5.74, 6) is -1.99. The molecule has 1 N–H and O–H groups in total. The second kappa shape index (κ2) is 8.05. The topological polar surface area (TPSA) is 49.4 Å². The number of nitrogens with one attached hydrogen (secondary N) is 1. The third-order valence-electron chi connectivity index (χ3n) is 4.82. The van der Waals surface area contributed by atoms with Gasteiger partial charge in [0.25, 0.3) is 5.91 Å². The third kappa shape index (κ3) is 3.88. The molecule has 4 nitrogen and oxygen atoms in total. The van der Waals surface area contributed by atoms with Crippen LogP contribution in [-0.2, 0) is 4.79 Å². The number of hydrogen-bond acceptors (Lipinski definition) is 2. The van der Waals surface area contributed by atoms with E-state index in [0.29, 0.717) is 21.8 Å². The number of rotatable bonds is 2. The van der Waals surface area contributed by atoms with E-state index in [-0.39, 0.29) is 17.1 Å². The molecule has 1 aliphatic rings. The summed E-state index contributed by atoms with van der Waals surface area (Å²) in [5.41, 5.74) is 1.39. The molecular weight excluding hydrogens is 433 g/mol. The molecule has 1 heterocycles. The van der Waals surface area contributed by atoms with Gasteiger partial charge in [-0.25, -0.2) is 8.78 Å². The van der Waals surface area contributed by atoms with Gasteiger partial charge in [0.05, 0.1) is 16.6 Å². The van der Waals surface area contributed by atoms with Crippen LogP contribution in [0.15, 0.2) is 60.7 Å². The summed E-state index contributed by atoms with van der Waals surface area (Å²) in [6.45, 7) is -0.309. The fourth-order valence-corrected chi connectivity index (χ4v) is 3.98. The van der Waals surface area contributed by atoms with Crippen LogP contribution in [0.1, 0.15) is 27.5 Å². The fourth-order valence-electron chi connectivity index (χ4n) is 3.49. The van der Waals surface area contributed by atoms with Crippen molar-refractivity contribution in [3.8, 4) is 0 Å². The first-order chi connectivity index (χ1) is 14.3. The van der Waals surface area contributed by atoms with E-state index >= 15 is 0 Å². The van der Waals surface area contributed by atoms with Crippen molar-refractivity contribution in [2.45, 2.75) is 6.04 Å². The standard InChI is InChI=1S/C22H14Cl2F2N2O2/c23-13-3-7-16(18(24)9-13)22(30)28-11-20(29)27-19-8-6-15(26)10-17(19)21(28)12-1-4-14(25)5-2-12/h1-10,21H,11H2,(H,27,29)/t21-/m1/s1. The lowest BCUT2D eigenvalue weighted by Gasteiger charge is -2.31. The average molecular weight is 447 g/mol. The van der Waals surface area contributed by atoms with Gasteiger partial charge >= 0.3 is 0 Å². The number of nitrogens with zero attached hydrogens (tertiary/aromatic N) is 1. The highest BCUT2D eigenvalue weighted by atomic mass is 35.5. The van der Waals surface area contributed by atoms with Gasteiger partial charge < -0.3 is 10.2 Å². The molecule has 152 valence electrons. The first-order valence-electron chi connectivity index (χ1n) is 8.94. The van der Waals surface area contributed by atoms with E-state index in [2.05, 4.69) is 5.32 Å². The molecule has 1 aliphatic heterocycles. The van der Waals surface area contributed by atoms with Crippen molar-refractivity contribution in [3.05, 3.63) is 99.0 Å². The Kier molecular flexibility index (Phi) is 5.45. The Labute approximate surface area is 181 Å². The Bertz CT molecular complexity index is 1150. The molecule has 0 fully saturated rings. The van der Waals surface area contributed by atoms with Crippen LogP contribution in [0.25, 0.3) is 0 Å². The Morgan fingerprint density at radius 2 is 1.67 bits per heavy atom. The van der Waals surface area contributed by atoms with Crippen LogP contribution < -0.4 is 5.32 Å². The molecule has 0 radical (unpaired) electrons. The van der Waals surface area contributed by atoms with E-state index < -0.39 is 29.5 Å². The molecule has 0 bridgehead atoms. The molecule has 1 atom stereocenters. The van der Waals surface area contributed by atoms with E-state index in [1.165, 1.54) is 65.6 Å². The van der Waals surface area contributed by atoms with Crippen LogP contribution in [-0.4, -0.2) is 23.3 Å². The highest BCUT2D eigenvalue weighted by Gasteiger charge is 2.35. The second-order valence-corrected chi connectivity index (χ2v) is 7.63. The van der Waals surface area contributed by atoms with E-state index in [1.807, 2.05) is 0 Å². The van der Waals surface area contributed by atoms with Gasteiger partial charge in [-0.1, -0.05) is 35.3 Å². The molecule has 2 amide bonds. The van der Waals surface area contributed by atoms with Gasteiger partial charge in [0.1, 0.15) is 18.2 Å². The number of hydrogen-bond donors (Lipinski definition) is 1. The van der Waals surface area contributed by atoms with Gasteiger partial charge in [0.15, 0.2) is 0 Å². The zero-order chi connectivity index (χ0) is 21.4. The molecule has 30 heavy (non-hydrogen) atoms. The summed E-state index contributed by atoms with van der Waals surface area (Å²) < 4.78 is 27.7. The summed E-state index contributed by atoms with van der Waals surface area (Å²) in [6, 6.07) is 12.9. The quantitative estimate of drug-likeness (QED) is 0.568. The molecule has 3 aromatic carbocycles. The zero-order valence-corrected chi connectivity index (χ0v) is 16.8. The number of benzene rings is 3. The van der Waals surface area contributed by atoms with Crippen molar-refractivity contribution < 1.29 is 18.4 Å². The number of halogens is 4. The van der Waals surface area contributed by atoms with E-state index in [1.54, 1.807) is 0 Å². The van der Waals surface area contributed by atoms with Crippen molar-refractivity contribution in [1.29, 1.82) is 0 Å². The monoisotopic (exact) mass is 446 g/mol. The van der Waals surface area contributed by atoms with Crippen molar-refractivity contribution in [1.82, 2.24) is 4.90 Å². The number of fused-ring (bicyclic) bond motifs is 1. The summed E-state index contributed by atoms with van der Waals surface area (Å²) in [7, 11) is 0. The molecule has 0 unspecified atom stereocenters. The van der Waals surface area contributed by atoms with Gasteiger partial charge in [-0.05, 0) is 54.1 Å². The predicted octanol–water partition coefficient (Wildman–Crippen LogP) is 5.46. The minimum Gasteiger partial charge on any atom is -0.324 e. The van der Waals surface area contributed by atoms with Crippen molar-refractivity contribution in [3.63, 3.8) is 0 Å². The molecule has 0 aromatic heterocycles. The Balaban J connectivity index is 1.90. The molecule has 0 aliphatic carbocycles. The number of amides is 2. The van der Waals surface area contributed by atoms with Crippen LogP contribution in [0.4, 0.5) is 14.5 Å². The van der Waals surface area contributed by atoms with Crippen molar-refractivity contribution in [2.75, 3.05) is 11.9 Å². The van der Waals surface area contributed by atoms with Crippen LogP contribution >= 0.6 is 23.2 Å². The zero-order valence-electron chi connectivity index (χ0n) is 15.3. The van der Waals surface area contributed by atoms with E-state index in [4.69, 9.17) is 23.2 Å². The summed E-state index contributed by atoms with van der Waals surface area (Å²) in [5, 5.41) is 3.17. The predicted molar refractivity (Wildman–Crippen MR) is 111 cm³/mol. The first kappa shape index (κ1) is 20.3.